The van der Waals surface area contributed by atoms with Crippen molar-refractivity contribution < 1.29 is 48.8 Å². The van der Waals surface area contributed by atoms with Crippen LogP contribution in [0.2, 0.25) is 0 Å². The Kier molecular flexibility index (Phi) is 25.4. The Morgan fingerprint density at radius 3 is 0.568 bits per heavy atom. The molecule has 0 amide bonds. The lowest BCUT2D eigenvalue weighted by atomic mass is 9.79. The van der Waals surface area contributed by atoms with Gasteiger partial charge in [0, 0.05) is 63.8 Å². The van der Waals surface area contributed by atoms with Crippen molar-refractivity contribution in [2.75, 3.05) is 39.6 Å². The van der Waals surface area contributed by atoms with Crippen LogP contribution in [0.1, 0.15) is 311 Å². The first-order valence-corrected chi connectivity index (χ1v) is 42.7. The van der Waals surface area contributed by atoms with Crippen molar-refractivity contribution in [3.8, 4) is 46.0 Å². The second kappa shape index (κ2) is 34.2. The fourth-order valence-electron chi connectivity index (χ4n) is 16.0. The zero-order valence-corrected chi connectivity index (χ0v) is 75.3. The van der Waals surface area contributed by atoms with Crippen LogP contribution < -0.4 is 18.9 Å². The second-order valence-electron chi connectivity index (χ2n) is 41.6. The highest BCUT2D eigenvalue weighted by Crippen LogP contribution is 2.48. The van der Waals surface area contributed by atoms with Crippen LogP contribution in [0.5, 0.6) is 46.0 Å². The van der Waals surface area contributed by atoms with Gasteiger partial charge in [0.15, 0.2) is 0 Å². The first-order chi connectivity index (χ1) is 55.1. The van der Waals surface area contributed by atoms with Crippen molar-refractivity contribution >= 4 is 0 Å². The summed E-state index contributed by atoms with van der Waals surface area (Å²) in [5.41, 5.74) is 22.2. The van der Waals surface area contributed by atoms with Gasteiger partial charge in [-0.2, -0.15) is 0 Å². The molecule has 0 spiro atoms. The highest BCUT2D eigenvalue weighted by Gasteiger charge is 2.33. The van der Waals surface area contributed by atoms with Crippen LogP contribution in [0.3, 0.4) is 0 Å². The molecule has 118 heavy (non-hydrogen) atoms. The summed E-state index contributed by atoms with van der Waals surface area (Å²) in [6.07, 6.45) is 6.59. The van der Waals surface area contributed by atoms with E-state index in [1.807, 2.05) is 36.4 Å². The Morgan fingerprint density at radius 2 is 0.398 bits per heavy atom. The molecule has 626 valence electrons. The lowest BCUT2D eigenvalue weighted by Gasteiger charge is -2.28. The van der Waals surface area contributed by atoms with Gasteiger partial charge in [-0.05, 0) is 201 Å². The number of rotatable bonds is 17. The molecule has 0 saturated heterocycles. The third kappa shape index (κ3) is 21.0. The minimum atomic E-state index is -0.279. The summed E-state index contributed by atoms with van der Waals surface area (Å²) in [7, 11) is 0. The number of fused-ring (bicyclic) bond motifs is 16. The van der Waals surface area contributed by atoms with E-state index in [0.717, 1.165) is 156 Å². The molecule has 0 atom stereocenters. The quantitative estimate of drug-likeness (QED) is 0.0640. The van der Waals surface area contributed by atoms with Gasteiger partial charge in [0.05, 0.1) is 37.8 Å². The van der Waals surface area contributed by atoms with E-state index in [2.05, 4.69) is 273 Å². The third-order valence-electron chi connectivity index (χ3n) is 23.5. The largest absolute Gasteiger partial charge is 0.507 e. The topological polar surface area (TPSA) is 162 Å². The lowest BCUT2D eigenvalue weighted by Crippen LogP contribution is -2.18. The summed E-state index contributed by atoms with van der Waals surface area (Å²) < 4.78 is 41.1. The molecule has 12 nitrogen and oxygen atoms in total. The van der Waals surface area contributed by atoms with Gasteiger partial charge in [-0.15, -0.1) is 0 Å². The van der Waals surface area contributed by atoms with E-state index in [1.165, 1.54) is 0 Å². The number of hydrogen-bond donors (Lipinski definition) is 4. The number of nitrogens with zero attached hydrogens (tertiary/aromatic N) is 2. The summed E-state index contributed by atoms with van der Waals surface area (Å²) in [5.74, 6) is 3.80. The highest BCUT2D eigenvalue weighted by atomic mass is 16.6. The van der Waals surface area contributed by atoms with E-state index in [-0.39, 0.29) is 106 Å². The fourth-order valence-corrected chi connectivity index (χ4v) is 16.0. The van der Waals surface area contributed by atoms with Crippen molar-refractivity contribution in [2.45, 2.75) is 274 Å². The number of aromatic nitrogens is 2. The number of benzene rings is 8. The van der Waals surface area contributed by atoms with E-state index in [0.29, 0.717) is 76.1 Å². The fraction of sp³-hybridized carbons (Fsp3) is 0.453. The molecule has 12 heteroatoms. The summed E-state index contributed by atoms with van der Waals surface area (Å²) in [6.45, 7) is 55.5. The number of aromatic hydroxyl groups is 4. The molecule has 2 aromatic heterocycles. The minimum Gasteiger partial charge on any atom is -0.507 e. The monoisotopic (exact) mass is 1590 g/mol. The Hall–Kier alpha value is -9.62. The second-order valence-corrected chi connectivity index (χ2v) is 41.6. The average molecular weight is 1590 g/mol. The molecule has 0 unspecified atom stereocenters. The predicted molar refractivity (Wildman–Crippen MR) is 480 cm³/mol. The summed E-state index contributed by atoms with van der Waals surface area (Å²) in [4.78, 5) is 9.32. The maximum atomic E-state index is 13.0. The maximum Gasteiger partial charge on any atom is 0.130 e. The lowest BCUT2D eigenvalue weighted by molar-refractivity contribution is 0.0270. The molecule has 10 aromatic rings. The third-order valence-corrected chi connectivity index (χ3v) is 23.5. The van der Waals surface area contributed by atoms with Crippen LogP contribution in [0.25, 0.3) is 0 Å². The van der Waals surface area contributed by atoms with Gasteiger partial charge in [0.1, 0.15) is 72.4 Å². The van der Waals surface area contributed by atoms with Gasteiger partial charge in [0.2, 0.25) is 0 Å². The predicted octanol–water partition coefficient (Wildman–Crippen LogP) is 23.7. The van der Waals surface area contributed by atoms with Crippen LogP contribution in [0.15, 0.2) is 146 Å². The first kappa shape index (κ1) is 87.7. The maximum absolute atomic E-state index is 13.0. The Labute approximate surface area is 705 Å². The zero-order valence-electron chi connectivity index (χ0n) is 75.3. The SMILES string of the molecule is CC(C)(C)c1cc2c(O)c(c1)Cc1cc(C(C)(C)C)cc(c1OCc1ccccn1)Cc1cc(C(C)(C)C)cc(c1O)Cc1cc(C(C)(C)C)cc(c1OCCOCCOCCOc1c3cc(C(C)(C)C)cc1Cc1cc(C(C)(C)C)cc(c1O)Cc1cc(C(C)(C)C)cc(c1OCc1ccccn1)Cc1cc(C(C)(C)C)cc(c1O)C3)C2. The Bertz CT molecular complexity index is 4720. The van der Waals surface area contributed by atoms with Gasteiger partial charge in [-0.25, -0.2) is 0 Å². The van der Waals surface area contributed by atoms with Gasteiger partial charge >= 0.3 is 0 Å². The highest BCUT2D eigenvalue weighted by molar-refractivity contribution is 5.63. The smallest absolute Gasteiger partial charge is 0.130 e. The Balaban J connectivity index is 0.850. The van der Waals surface area contributed by atoms with Crippen molar-refractivity contribution in [1.82, 2.24) is 9.97 Å². The molecular weight excluding hydrogens is 1460 g/mol. The molecule has 8 aromatic carbocycles. The van der Waals surface area contributed by atoms with Crippen molar-refractivity contribution in [2.24, 2.45) is 0 Å². The molecule has 4 N–H and O–H groups in total. The first-order valence-electron chi connectivity index (χ1n) is 42.7. The van der Waals surface area contributed by atoms with E-state index in [1.54, 1.807) is 12.4 Å². The van der Waals surface area contributed by atoms with Crippen molar-refractivity contribution in [3.63, 3.8) is 0 Å². The van der Waals surface area contributed by atoms with Gasteiger partial charge in [-0.1, -0.05) is 275 Å². The molecule has 0 aliphatic heterocycles. The van der Waals surface area contributed by atoms with Crippen molar-refractivity contribution in [3.05, 3.63) is 291 Å². The van der Waals surface area contributed by atoms with Crippen LogP contribution in [-0.2, 0) is 117 Å². The zero-order chi connectivity index (χ0) is 85.6. The molecular formula is C106H132N2O10. The van der Waals surface area contributed by atoms with Crippen molar-refractivity contribution in [1.29, 1.82) is 0 Å². The van der Waals surface area contributed by atoms with Gasteiger partial charge in [-0.3, -0.25) is 9.97 Å². The van der Waals surface area contributed by atoms with Crippen LogP contribution in [-0.4, -0.2) is 70.0 Å². The molecule has 2 aliphatic carbocycles. The number of ether oxygens (including phenoxy) is 6. The van der Waals surface area contributed by atoms with E-state index >= 15 is 0 Å². The number of phenols is 4. The van der Waals surface area contributed by atoms with E-state index < -0.39 is 0 Å². The van der Waals surface area contributed by atoms with Crippen LogP contribution in [0, 0.1) is 0 Å². The molecule has 12 rings (SSSR count). The summed E-state index contributed by atoms with van der Waals surface area (Å²) in [5, 5.41) is 52.0. The molecule has 0 radical (unpaired) electrons. The van der Waals surface area contributed by atoms with E-state index in [4.69, 9.17) is 28.4 Å². The van der Waals surface area contributed by atoms with E-state index in [9.17, 15) is 20.4 Å². The Morgan fingerprint density at radius 1 is 0.229 bits per heavy atom. The van der Waals surface area contributed by atoms with Gasteiger partial charge < -0.3 is 48.8 Å². The van der Waals surface area contributed by atoms with Crippen LogP contribution >= 0.6 is 0 Å². The number of phenolic OH excluding ortho intramolecular Hbond substituents is 4. The molecule has 16 bridgehead atoms. The minimum absolute atomic E-state index is 0.219. The molecule has 0 fully saturated rings. The molecule has 2 heterocycles. The van der Waals surface area contributed by atoms with Gasteiger partial charge in [0.25, 0.3) is 0 Å². The number of hydrogen-bond acceptors (Lipinski definition) is 12. The summed E-state index contributed by atoms with van der Waals surface area (Å²) >= 11 is 0. The number of pyridine rings is 2. The summed E-state index contributed by atoms with van der Waals surface area (Å²) in [6, 6.07) is 47.1. The normalized spacial score (nSPS) is 13.8. The molecule has 0 saturated carbocycles. The van der Waals surface area contributed by atoms with Crippen LogP contribution in [0.4, 0.5) is 0 Å². The average Bonchev–Trinajstić information content (AvgIpc) is 0.764. The molecule has 2 aliphatic rings. The standard InChI is InChI=1S/C106H132N2O10/c1-99(2,3)81-47-65-39-73-55-85(103(13,14)15)56-74(40-66-48-82(100(4,5)6)52-70(92(66)110)44-78-60-87(105(19,20)21)59-77(43-69(51-81)91(65)109)97(78)117-63-89-29-25-27-31-107-89)95(73)115-37-35-113-33-34-114-36-38-116-96-75-41-67-49-83(101(7,8)9)53-71(93(67)111)45-79-61-88(106(22,23)24)62-80(98(79)118-64-90-30-26-28-32-108-90)46-72-54-84(102(10,11)12)50-68(94(72)112)42-76(96)58-86(57-75)104(16,17)18/h25-32,47-62,109-112H,33-46,63-64H2,1-24H3.